The molecule has 2 aromatic rings. The maximum Gasteiger partial charge on any atom is 0.310 e. The smallest absolute Gasteiger partial charge is 0.310 e. The van der Waals surface area contributed by atoms with Crippen molar-refractivity contribution in [3.05, 3.63) is 46.3 Å². The van der Waals surface area contributed by atoms with Crippen LogP contribution >= 0.6 is 0 Å². The Morgan fingerprint density at radius 2 is 1.94 bits per heavy atom. The summed E-state index contributed by atoms with van der Waals surface area (Å²) in [6.45, 7) is 10.4. The number of fused-ring (bicyclic) bond motifs is 1. The zero-order valence-electron chi connectivity index (χ0n) is 19.3. The maximum absolute atomic E-state index is 12.6. The lowest BCUT2D eigenvalue weighted by atomic mass is 10.1. The molecule has 0 bridgehead atoms. The van der Waals surface area contributed by atoms with E-state index in [0.717, 1.165) is 29.1 Å². The summed E-state index contributed by atoms with van der Waals surface area (Å²) in [7, 11) is -3.34. The fourth-order valence-electron chi connectivity index (χ4n) is 3.93. The molecule has 2 heterocycles. The molecule has 0 atom stereocenters. The van der Waals surface area contributed by atoms with Gasteiger partial charge in [-0.1, -0.05) is 13.8 Å². The molecule has 1 aromatic heterocycles. The van der Waals surface area contributed by atoms with E-state index in [2.05, 4.69) is 18.9 Å². The number of esters is 1. The van der Waals surface area contributed by atoms with Gasteiger partial charge in [-0.25, -0.2) is 8.42 Å². The molecular formula is C23H31N3O5S. The van der Waals surface area contributed by atoms with Crippen molar-refractivity contribution in [3.8, 4) is 0 Å². The monoisotopic (exact) mass is 461 g/mol. The number of sulfonamides is 1. The molecule has 1 aromatic carbocycles. The number of aryl methyl sites for hydroxylation is 1. The number of ketones is 1. The molecule has 0 aliphatic carbocycles. The molecule has 174 valence electrons. The molecule has 0 N–H and O–H groups in total. The van der Waals surface area contributed by atoms with Crippen molar-refractivity contribution in [2.45, 2.75) is 54.0 Å². The van der Waals surface area contributed by atoms with E-state index in [1.165, 1.54) is 4.31 Å². The van der Waals surface area contributed by atoms with Gasteiger partial charge in [0.15, 0.2) is 12.4 Å². The van der Waals surface area contributed by atoms with Crippen LogP contribution in [0.2, 0.25) is 0 Å². The van der Waals surface area contributed by atoms with Crippen LogP contribution in [-0.4, -0.2) is 48.9 Å². The van der Waals surface area contributed by atoms with Gasteiger partial charge >= 0.3 is 5.97 Å². The average Bonchev–Trinajstić information content (AvgIpc) is 3.28. The number of benzene rings is 1. The topological polar surface area (TPSA) is 98.6 Å². The Balaban J connectivity index is 1.62. The first kappa shape index (κ1) is 24.0. The molecule has 0 amide bonds. The minimum atomic E-state index is -3.34. The lowest BCUT2D eigenvalue weighted by Crippen LogP contribution is -2.30. The fraction of sp³-hybridized carbons (Fsp3) is 0.522. The highest BCUT2D eigenvalue weighted by molar-refractivity contribution is 7.92. The van der Waals surface area contributed by atoms with Crippen molar-refractivity contribution < 1.29 is 22.7 Å². The third-order valence-electron chi connectivity index (χ3n) is 5.71. The van der Waals surface area contributed by atoms with E-state index in [1.807, 2.05) is 18.5 Å². The van der Waals surface area contributed by atoms with Crippen molar-refractivity contribution in [1.29, 1.82) is 0 Å². The van der Waals surface area contributed by atoms with Crippen LogP contribution in [0.3, 0.4) is 0 Å². The largest absolute Gasteiger partial charge is 0.457 e. The van der Waals surface area contributed by atoms with Crippen molar-refractivity contribution in [2.24, 2.45) is 5.92 Å². The lowest BCUT2D eigenvalue weighted by Gasteiger charge is -2.18. The second kappa shape index (κ2) is 9.44. The number of hydrogen-bond donors (Lipinski definition) is 0. The Hall–Kier alpha value is -2.68. The first-order chi connectivity index (χ1) is 15.0. The van der Waals surface area contributed by atoms with Crippen molar-refractivity contribution >= 4 is 27.5 Å². The highest BCUT2D eigenvalue weighted by Crippen LogP contribution is 2.31. The Morgan fingerprint density at radius 3 is 2.59 bits per heavy atom. The predicted molar refractivity (Wildman–Crippen MR) is 122 cm³/mol. The number of rotatable bonds is 9. The highest BCUT2D eigenvalue weighted by atomic mass is 32.2. The lowest BCUT2D eigenvalue weighted by molar-refractivity contribution is -0.141. The average molecular weight is 462 g/mol. The van der Waals surface area contributed by atoms with E-state index < -0.39 is 16.0 Å². The number of ether oxygens (including phenoxy) is 1. The molecule has 0 spiro atoms. The third kappa shape index (κ3) is 5.03. The van der Waals surface area contributed by atoms with Gasteiger partial charge < -0.3 is 4.74 Å². The van der Waals surface area contributed by atoms with E-state index in [-0.39, 0.29) is 24.6 Å². The van der Waals surface area contributed by atoms with Crippen LogP contribution in [0.4, 0.5) is 5.69 Å². The molecule has 0 saturated heterocycles. The minimum absolute atomic E-state index is 0.0262. The summed E-state index contributed by atoms with van der Waals surface area (Å²) in [6.07, 6.45) is 0.617. The molecule has 0 unspecified atom stereocenters. The summed E-state index contributed by atoms with van der Waals surface area (Å²) in [5.41, 5.74) is 4.39. The normalized spacial score (nSPS) is 13.5. The number of Topliss-reactive ketones (excluding diaryl/α,β-unsaturated/α-hetero) is 1. The third-order valence-corrected chi connectivity index (χ3v) is 7.49. The van der Waals surface area contributed by atoms with Gasteiger partial charge in [-0.15, -0.1) is 0 Å². The standard InChI is InChI=1S/C23H31N3O5S/c1-6-32(29,30)26-10-9-18-11-19(7-8-21(18)26)22(27)14-31-23(28)12-20-16(4)24-25(17(20)5)13-15(2)3/h7-8,11,15H,6,9-10,12-14H2,1-5H3. The number of aromatic nitrogens is 2. The molecule has 3 rings (SSSR count). The first-order valence-electron chi connectivity index (χ1n) is 10.9. The second-order valence-electron chi connectivity index (χ2n) is 8.55. The van der Waals surface area contributed by atoms with Gasteiger partial charge in [-0.3, -0.25) is 18.6 Å². The van der Waals surface area contributed by atoms with Gasteiger partial charge in [0.25, 0.3) is 0 Å². The minimum Gasteiger partial charge on any atom is -0.457 e. The Labute approximate surface area is 189 Å². The summed E-state index contributed by atoms with van der Waals surface area (Å²) >= 11 is 0. The van der Waals surface area contributed by atoms with Crippen molar-refractivity contribution in [3.63, 3.8) is 0 Å². The van der Waals surface area contributed by atoms with Crippen LogP contribution in [0.1, 0.15) is 53.6 Å². The van der Waals surface area contributed by atoms with Crippen LogP contribution in [0.5, 0.6) is 0 Å². The molecule has 0 saturated carbocycles. The van der Waals surface area contributed by atoms with Crippen molar-refractivity contribution in [2.75, 3.05) is 23.2 Å². The van der Waals surface area contributed by atoms with Gasteiger partial charge in [-0.05, 0) is 56.9 Å². The van der Waals surface area contributed by atoms with Crippen LogP contribution < -0.4 is 4.31 Å². The predicted octanol–water partition coefficient (Wildman–Crippen LogP) is 2.84. The zero-order chi connectivity index (χ0) is 23.6. The zero-order valence-corrected chi connectivity index (χ0v) is 20.2. The van der Waals surface area contributed by atoms with E-state index in [9.17, 15) is 18.0 Å². The van der Waals surface area contributed by atoms with E-state index in [4.69, 9.17) is 4.74 Å². The van der Waals surface area contributed by atoms with E-state index in [0.29, 0.717) is 30.1 Å². The molecule has 8 nitrogen and oxygen atoms in total. The van der Waals surface area contributed by atoms with Gasteiger partial charge in [0, 0.05) is 29.9 Å². The van der Waals surface area contributed by atoms with Gasteiger partial charge in [-0.2, -0.15) is 5.10 Å². The second-order valence-corrected chi connectivity index (χ2v) is 10.7. The number of anilines is 1. The molecule has 1 aliphatic heterocycles. The molecule has 0 radical (unpaired) electrons. The molecule has 1 aliphatic rings. The van der Waals surface area contributed by atoms with Crippen molar-refractivity contribution in [1.82, 2.24) is 9.78 Å². The highest BCUT2D eigenvalue weighted by Gasteiger charge is 2.28. The maximum atomic E-state index is 12.6. The molecule has 9 heteroatoms. The Kier molecular flexibility index (Phi) is 7.07. The number of carbonyl (C=O) groups excluding carboxylic acids is 2. The SMILES string of the molecule is CCS(=O)(=O)N1CCc2cc(C(=O)COC(=O)Cc3c(C)nn(CC(C)C)c3C)ccc21. The van der Waals surface area contributed by atoms with Crippen LogP contribution in [0, 0.1) is 19.8 Å². The number of hydrogen-bond acceptors (Lipinski definition) is 6. The van der Waals surface area contributed by atoms with E-state index >= 15 is 0 Å². The van der Waals surface area contributed by atoms with Gasteiger partial charge in [0.05, 0.1) is 23.6 Å². The van der Waals surface area contributed by atoms with Gasteiger partial charge in [0.1, 0.15) is 0 Å². The summed E-state index contributed by atoms with van der Waals surface area (Å²) < 4.78 is 33.0. The molecular weight excluding hydrogens is 430 g/mol. The summed E-state index contributed by atoms with van der Waals surface area (Å²) in [5, 5.41) is 4.50. The first-order valence-corrected chi connectivity index (χ1v) is 12.5. The summed E-state index contributed by atoms with van der Waals surface area (Å²) in [4.78, 5) is 24.9. The van der Waals surface area contributed by atoms with E-state index in [1.54, 1.807) is 25.1 Å². The van der Waals surface area contributed by atoms with Crippen LogP contribution in [-0.2, 0) is 38.9 Å². The number of nitrogens with zero attached hydrogens (tertiary/aromatic N) is 3. The number of carbonyl (C=O) groups is 2. The Bertz CT molecular complexity index is 1130. The molecule has 32 heavy (non-hydrogen) atoms. The van der Waals surface area contributed by atoms with Crippen LogP contribution in [0.25, 0.3) is 0 Å². The summed E-state index contributed by atoms with van der Waals surface area (Å²) in [5.74, 6) is -0.331. The van der Waals surface area contributed by atoms with Gasteiger partial charge in [0.2, 0.25) is 10.0 Å². The Morgan fingerprint density at radius 1 is 1.22 bits per heavy atom. The summed E-state index contributed by atoms with van der Waals surface area (Å²) in [6, 6.07) is 4.93. The quantitative estimate of drug-likeness (QED) is 0.421. The van der Waals surface area contributed by atoms with Crippen LogP contribution in [0.15, 0.2) is 18.2 Å². The molecule has 0 fully saturated rings. The fourth-order valence-corrected chi connectivity index (χ4v) is 5.09.